The lowest BCUT2D eigenvalue weighted by Gasteiger charge is -2.42. The Hall–Kier alpha value is -0.280. The van der Waals surface area contributed by atoms with E-state index < -0.39 is 0 Å². The highest BCUT2D eigenvalue weighted by Gasteiger charge is 2.50. The highest BCUT2D eigenvalue weighted by molar-refractivity contribution is 6.18. The number of rotatable bonds is 4. The van der Waals surface area contributed by atoms with Crippen molar-refractivity contribution in [3.05, 3.63) is 0 Å². The monoisotopic (exact) mass is 245 g/mol. The second-order valence-electron chi connectivity index (χ2n) is 5.08. The Labute approximate surface area is 102 Å². The van der Waals surface area contributed by atoms with Gasteiger partial charge in [0.05, 0.1) is 6.61 Å². The van der Waals surface area contributed by atoms with Crippen LogP contribution < -0.4 is 0 Å². The van der Waals surface area contributed by atoms with E-state index in [4.69, 9.17) is 16.3 Å². The number of hydrogen-bond acceptors (Lipinski definition) is 2. The SMILES string of the molecule is COC[C@@H]1CN(C(=O)CCCl)CC12CCC2. The molecule has 0 aromatic heterocycles. The lowest BCUT2D eigenvalue weighted by Crippen LogP contribution is -2.39. The van der Waals surface area contributed by atoms with E-state index in [0.717, 1.165) is 19.7 Å². The molecule has 92 valence electrons. The number of halogens is 1. The van der Waals surface area contributed by atoms with E-state index >= 15 is 0 Å². The van der Waals surface area contributed by atoms with Gasteiger partial charge in [0.2, 0.25) is 5.91 Å². The maximum atomic E-state index is 11.8. The second kappa shape index (κ2) is 4.92. The van der Waals surface area contributed by atoms with E-state index in [0.29, 0.717) is 23.6 Å². The van der Waals surface area contributed by atoms with E-state index in [1.165, 1.54) is 19.3 Å². The highest BCUT2D eigenvalue weighted by atomic mass is 35.5. The van der Waals surface area contributed by atoms with Crippen LogP contribution in [0.1, 0.15) is 25.7 Å². The largest absolute Gasteiger partial charge is 0.384 e. The number of alkyl halides is 1. The van der Waals surface area contributed by atoms with Crippen LogP contribution >= 0.6 is 11.6 Å². The van der Waals surface area contributed by atoms with Crippen LogP contribution in [-0.4, -0.2) is 43.5 Å². The van der Waals surface area contributed by atoms with E-state index in [9.17, 15) is 4.79 Å². The number of hydrogen-bond donors (Lipinski definition) is 0. The Morgan fingerprint density at radius 2 is 2.31 bits per heavy atom. The van der Waals surface area contributed by atoms with Crippen molar-refractivity contribution in [3.63, 3.8) is 0 Å². The van der Waals surface area contributed by atoms with Gasteiger partial charge in [0.1, 0.15) is 0 Å². The average molecular weight is 246 g/mol. The second-order valence-corrected chi connectivity index (χ2v) is 5.46. The zero-order valence-electron chi connectivity index (χ0n) is 9.88. The van der Waals surface area contributed by atoms with Crippen LogP contribution in [-0.2, 0) is 9.53 Å². The third-order valence-corrected chi connectivity index (χ3v) is 4.38. The summed E-state index contributed by atoms with van der Waals surface area (Å²) < 4.78 is 5.28. The molecule has 1 aliphatic carbocycles. The molecule has 0 unspecified atom stereocenters. The predicted molar refractivity (Wildman–Crippen MR) is 63.6 cm³/mol. The molecule has 0 radical (unpaired) electrons. The van der Waals surface area contributed by atoms with Crippen LogP contribution in [0.4, 0.5) is 0 Å². The molecule has 1 amide bonds. The zero-order valence-corrected chi connectivity index (χ0v) is 10.6. The molecular weight excluding hydrogens is 226 g/mol. The Morgan fingerprint density at radius 3 is 2.81 bits per heavy atom. The summed E-state index contributed by atoms with van der Waals surface area (Å²) in [6, 6.07) is 0. The van der Waals surface area contributed by atoms with Crippen molar-refractivity contribution >= 4 is 17.5 Å². The standard InChI is InChI=1S/C12H20ClNO2/c1-16-8-10-7-14(11(15)3-6-13)9-12(10)4-2-5-12/h10H,2-9H2,1H3/t10-/m0/s1. The Bertz CT molecular complexity index is 266. The molecule has 16 heavy (non-hydrogen) atoms. The van der Waals surface area contributed by atoms with Crippen LogP contribution in [0.25, 0.3) is 0 Å². The first-order valence-corrected chi connectivity index (χ1v) is 6.58. The number of methoxy groups -OCH3 is 1. The Balaban J connectivity index is 1.98. The Kier molecular flexibility index (Phi) is 3.75. The van der Waals surface area contributed by atoms with Crippen molar-refractivity contribution in [2.45, 2.75) is 25.7 Å². The molecule has 0 N–H and O–H groups in total. The van der Waals surface area contributed by atoms with Gasteiger partial charge in [-0.05, 0) is 18.3 Å². The first-order chi connectivity index (χ1) is 7.72. The topological polar surface area (TPSA) is 29.5 Å². The van der Waals surface area contributed by atoms with Gasteiger partial charge in [-0.3, -0.25) is 4.79 Å². The van der Waals surface area contributed by atoms with Crippen molar-refractivity contribution in [2.75, 3.05) is 32.7 Å². The van der Waals surface area contributed by atoms with Gasteiger partial charge in [-0.2, -0.15) is 0 Å². The molecule has 4 heteroatoms. The third-order valence-electron chi connectivity index (χ3n) is 4.19. The predicted octanol–water partition coefficient (Wildman–Crippen LogP) is 1.89. The van der Waals surface area contributed by atoms with Crippen molar-refractivity contribution in [3.8, 4) is 0 Å². The molecule has 0 aromatic rings. The third kappa shape index (κ3) is 2.07. The maximum Gasteiger partial charge on any atom is 0.223 e. The summed E-state index contributed by atoms with van der Waals surface area (Å²) >= 11 is 5.62. The van der Waals surface area contributed by atoms with Crippen LogP contribution in [0.15, 0.2) is 0 Å². The quantitative estimate of drug-likeness (QED) is 0.708. The number of carbonyl (C=O) groups excluding carboxylic acids is 1. The molecule has 1 saturated heterocycles. The molecule has 1 saturated carbocycles. The number of likely N-dealkylation sites (tertiary alicyclic amines) is 1. The first kappa shape index (κ1) is 12.2. The van der Waals surface area contributed by atoms with Gasteiger partial charge < -0.3 is 9.64 Å². The first-order valence-electron chi connectivity index (χ1n) is 6.04. The number of ether oxygens (including phenoxy) is 1. The molecular formula is C12H20ClNO2. The average Bonchev–Trinajstić information content (AvgIpc) is 2.58. The summed E-state index contributed by atoms with van der Waals surface area (Å²) in [5, 5.41) is 0. The van der Waals surface area contributed by atoms with Gasteiger partial charge in [-0.15, -0.1) is 11.6 Å². The molecule has 1 aliphatic heterocycles. The minimum atomic E-state index is 0.208. The molecule has 0 aromatic carbocycles. The zero-order chi connectivity index (χ0) is 11.6. The molecule has 3 nitrogen and oxygen atoms in total. The van der Waals surface area contributed by atoms with Crippen LogP contribution in [0, 0.1) is 11.3 Å². The van der Waals surface area contributed by atoms with Gasteiger partial charge in [-0.1, -0.05) is 6.42 Å². The summed E-state index contributed by atoms with van der Waals surface area (Å²) in [4.78, 5) is 13.8. The van der Waals surface area contributed by atoms with Crippen molar-refractivity contribution < 1.29 is 9.53 Å². The summed E-state index contributed by atoms with van der Waals surface area (Å²) in [5.74, 6) is 1.17. The number of carbonyl (C=O) groups is 1. The maximum absolute atomic E-state index is 11.8. The minimum Gasteiger partial charge on any atom is -0.384 e. The minimum absolute atomic E-state index is 0.208. The van der Waals surface area contributed by atoms with Gasteiger partial charge >= 0.3 is 0 Å². The Morgan fingerprint density at radius 1 is 1.56 bits per heavy atom. The van der Waals surface area contributed by atoms with Crippen LogP contribution in [0.2, 0.25) is 0 Å². The number of nitrogens with zero attached hydrogens (tertiary/aromatic N) is 1. The summed E-state index contributed by atoms with van der Waals surface area (Å²) in [6.07, 6.45) is 4.28. The molecule has 1 atom stereocenters. The van der Waals surface area contributed by atoms with E-state index in [1.54, 1.807) is 7.11 Å². The van der Waals surface area contributed by atoms with E-state index in [1.807, 2.05) is 4.90 Å². The van der Waals surface area contributed by atoms with Crippen molar-refractivity contribution in [1.29, 1.82) is 0 Å². The van der Waals surface area contributed by atoms with Crippen molar-refractivity contribution in [2.24, 2.45) is 11.3 Å². The van der Waals surface area contributed by atoms with E-state index in [2.05, 4.69) is 0 Å². The summed E-state index contributed by atoms with van der Waals surface area (Å²) in [7, 11) is 1.75. The lowest BCUT2D eigenvalue weighted by atomic mass is 9.63. The van der Waals surface area contributed by atoms with E-state index in [-0.39, 0.29) is 5.91 Å². The summed E-state index contributed by atoms with van der Waals surface area (Å²) in [5.41, 5.74) is 0.373. The highest BCUT2D eigenvalue weighted by Crippen LogP contribution is 2.51. The normalized spacial score (nSPS) is 27.1. The molecule has 2 fully saturated rings. The van der Waals surface area contributed by atoms with Gasteiger partial charge in [0, 0.05) is 38.4 Å². The molecule has 1 heterocycles. The van der Waals surface area contributed by atoms with Crippen LogP contribution in [0.3, 0.4) is 0 Å². The van der Waals surface area contributed by atoms with Gasteiger partial charge in [0.25, 0.3) is 0 Å². The summed E-state index contributed by atoms with van der Waals surface area (Å²) in [6.45, 7) is 2.57. The molecule has 1 spiro atoms. The van der Waals surface area contributed by atoms with Gasteiger partial charge in [-0.25, -0.2) is 0 Å². The number of amides is 1. The molecule has 2 rings (SSSR count). The van der Waals surface area contributed by atoms with Crippen LogP contribution in [0.5, 0.6) is 0 Å². The fourth-order valence-electron chi connectivity index (χ4n) is 3.09. The van der Waals surface area contributed by atoms with Crippen molar-refractivity contribution in [1.82, 2.24) is 4.90 Å². The fraction of sp³-hybridized carbons (Fsp3) is 0.917. The molecule has 2 aliphatic rings. The smallest absolute Gasteiger partial charge is 0.223 e. The fourth-order valence-corrected chi connectivity index (χ4v) is 3.25. The lowest BCUT2D eigenvalue weighted by molar-refractivity contribution is -0.130. The van der Waals surface area contributed by atoms with Gasteiger partial charge in [0.15, 0.2) is 0 Å². The molecule has 0 bridgehead atoms.